The van der Waals surface area contributed by atoms with Gasteiger partial charge in [-0.05, 0) is 36.2 Å². The minimum absolute atomic E-state index is 0.0142. The molecule has 0 aromatic heterocycles. The molecule has 0 aliphatic rings. The second-order valence-corrected chi connectivity index (χ2v) is 5.51. The first kappa shape index (κ1) is 17.2. The molecule has 8 heteroatoms. The van der Waals surface area contributed by atoms with Crippen molar-refractivity contribution < 1.29 is 14.1 Å². The number of nitro groups is 1. The average molecular weight is 357 g/mol. The van der Waals surface area contributed by atoms with Crippen LogP contribution in [0.4, 0.5) is 10.1 Å². The summed E-state index contributed by atoms with van der Waals surface area (Å²) in [6.45, 7) is 0.269. The third-order valence-corrected chi connectivity index (χ3v) is 3.69. The number of hydrogen-bond acceptors (Lipinski definition) is 3. The SMILES string of the molecule is O=C(NCCc1ccc(Cl)cc1Cl)c1ccc(F)c([N+](=O)[O-])c1. The van der Waals surface area contributed by atoms with Gasteiger partial charge in [0.25, 0.3) is 5.91 Å². The molecular formula is C15H11Cl2FN2O3. The fraction of sp³-hybridized carbons (Fsp3) is 0.133. The average Bonchev–Trinajstić information content (AvgIpc) is 2.49. The molecule has 5 nitrogen and oxygen atoms in total. The van der Waals surface area contributed by atoms with Crippen LogP contribution in [0.15, 0.2) is 36.4 Å². The molecule has 120 valence electrons. The molecule has 2 rings (SSSR count). The molecule has 0 aliphatic heterocycles. The van der Waals surface area contributed by atoms with Gasteiger partial charge in [0, 0.05) is 28.2 Å². The Morgan fingerprint density at radius 2 is 1.96 bits per heavy atom. The molecule has 2 aromatic carbocycles. The number of benzene rings is 2. The van der Waals surface area contributed by atoms with E-state index in [0.717, 1.165) is 17.7 Å². The number of nitrogens with one attached hydrogen (secondary N) is 1. The Morgan fingerprint density at radius 3 is 2.61 bits per heavy atom. The smallest absolute Gasteiger partial charge is 0.305 e. The van der Waals surface area contributed by atoms with Crippen LogP contribution >= 0.6 is 23.2 Å². The summed E-state index contributed by atoms with van der Waals surface area (Å²) in [4.78, 5) is 21.7. The molecule has 0 saturated carbocycles. The molecule has 0 radical (unpaired) electrons. The van der Waals surface area contributed by atoms with E-state index in [9.17, 15) is 19.3 Å². The lowest BCUT2D eigenvalue weighted by atomic mass is 10.1. The molecule has 23 heavy (non-hydrogen) atoms. The first-order valence-corrected chi connectivity index (χ1v) is 7.30. The summed E-state index contributed by atoms with van der Waals surface area (Å²) in [5, 5.41) is 14.3. The van der Waals surface area contributed by atoms with Crippen LogP contribution in [-0.4, -0.2) is 17.4 Å². The normalized spacial score (nSPS) is 10.4. The lowest BCUT2D eigenvalue weighted by Gasteiger charge is -2.07. The number of nitro benzene ring substituents is 1. The molecule has 1 N–H and O–H groups in total. The number of carbonyl (C=O) groups is 1. The molecule has 2 aromatic rings. The van der Waals surface area contributed by atoms with Crippen LogP contribution in [0.2, 0.25) is 10.0 Å². The van der Waals surface area contributed by atoms with E-state index in [4.69, 9.17) is 23.2 Å². The fourth-order valence-corrected chi connectivity index (χ4v) is 2.43. The standard InChI is InChI=1S/C15H11Cl2FN2O3/c16-11-3-1-9(12(17)8-11)5-6-19-15(21)10-2-4-13(18)14(7-10)20(22)23/h1-4,7-8H,5-6H2,(H,19,21). The molecule has 0 aliphatic carbocycles. The van der Waals surface area contributed by atoms with Gasteiger partial charge in [0.05, 0.1) is 4.92 Å². The molecular weight excluding hydrogens is 346 g/mol. The highest BCUT2D eigenvalue weighted by Gasteiger charge is 2.17. The van der Waals surface area contributed by atoms with E-state index in [1.165, 1.54) is 6.07 Å². The Balaban J connectivity index is 2.00. The molecule has 0 unspecified atom stereocenters. The summed E-state index contributed by atoms with van der Waals surface area (Å²) in [6.07, 6.45) is 0.463. The number of rotatable bonds is 5. The third kappa shape index (κ3) is 4.40. The lowest BCUT2D eigenvalue weighted by molar-refractivity contribution is -0.387. The highest BCUT2D eigenvalue weighted by atomic mass is 35.5. The zero-order chi connectivity index (χ0) is 17.0. The van der Waals surface area contributed by atoms with Crippen molar-refractivity contribution in [1.29, 1.82) is 0 Å². The Labute approximate surface area is 141 Å². The van der Waals surface area contributed by atoms with Crippen LogP contribution in [-0.2, 0) is 6.42 Å². The molecule has 0 bridgehead atoms. The maximum atomic E-state index is 13.2. The molecule has 1 amide bonds. The van der Waals surface area contributed by atoms with Crippen molar-refractivity contribution in [2.24, 2.45) is 0 Å². The third-order valence-electron chi connectivity index (χ3n) is 3.10. The minimum Gasteiger partial charge on any atom is -0.352 e. The van der Waals surface area contributed by atoms with Crippen LogP contribution in [0.5, 0.6) is 0 Å². The summed E-state index contributed by atoms with van der Waals surface area (Å²) in [7, 11) is 0. The molecule has 0 fully saturated rings. The van der Waals surface area contributed by atoms with E-state index in [1.807, 2.05) is 0 Å². The quantitative estimate of drug-likeness (QED) is 0.649. The zero-order valence-corrected chi connectivity index (χ0v) is 13.2. The van der Waals surface area contributed by atoms with Gasteiger partial charge in [0.1, 0.15) is 0 Å². The number of carbonyl (C=O) groups excluding carboxylic acids is 1. The first-order valence-electron chi connectivity index (χ1n) is 6.54. The van der Waals surface area contributed by atoms with Gasteiger partial charge in [-0.25, -0.2) is 0 Å². The largest absolute Gasteiger partial charge is 0.352 e. The Kier molecular flexibility index (Phi) is 5.52. The van der Waals surface area contributed by atoms with Crippen LogP contribution in [0.1, 0.15) is 15.9 Å². The number of hydrogen-bond donors (Lipinski definition) is 1. The van der Waals surface area contributed by atoms with Gasteiger partial charge in [-0.1, -0.05) is 29.3 Å². The van der Waals surface area contributed by atoms with Crippen molar-refractivity contribution >= 4 is 34.8 Å². The highest BCUT2D eigenvalue weighted by Crippen LogP contribution is 2.21. The first-order chi connectivity index (χ1) is 10.9. The van der Waals surface area contributed by atoms with Gasteiger partial charge in [0.2, 0.25) is 5.82 Å². The topological polar surface area (TPSA) is 72.2 Å². The fourth-order valence-electron chi connectivity index (χ4n) is 1.93. The second kappa shape index (κ2) is 7.39. The Morgan fingerprint density at radius 1 is 1.22 bits per heavy atom. The van der Waals surface area contributed by atoms with Crippen molar-refractivity contribution in [2.45, 2.75) is 6.42 Å². The van der Waals surface area contributed by atoms with Crippen molar-refractivity contribution in [1.82, 2.24) is 5.32 Å². The predicted octanol–water partition coefficient (Wildman–Crippen LogP) is 4.01. The molecule has 0 saturated heterocycles. The summed E-state index contributed by atoms with van der Waals surface area (Å²) in [5.41, 5.74) is 0.0835. The van der Waals surface area contributed by atoms with E-state index in [1.54, 1.807) is 18.2 Å². The summed E-state index contributed by atoms with van der Waals surface area (Å²) in [5.74, 6) is -1.52. The highest BCUT2D eigenvalue weighted by molar-refractivity contribution is 6.35. The van der Waals surface area contributed by atoms with Crippen molar-refractivity contribution in [3.63, 3.8) is 0 Å². The van der Waals surface area contributed by atoms with Crippen LogP contribution in [0.25, 0.3) is 0 Å². The van der Waals surface area contributed by atoms with Crippen LogP contribution in [0, 0.1) is 15.9 Å². The van der Waals surface area contributed by atoms with Crippen LogP contribution in [0.3, 0.4) is 0 Å². The number of amides is 1. The monoisotopic (exact) mass is 356 g/mol. The maximum Gasteiger partial charge on any atom is 0.305 e. The van der Waals surface area contributed by atoms with E-state index in [-0.39, 0.29) is 12.1 Å². The van der Waals surface area contributed by atoms with E-state index < -0.39 is 22.3 Å². The van der Waals surface area contributed by atoms with E-state index in [0.29, 0.717) is 16.5 Å². The number of halogens is 3. The van der Waals surface area contributed by atoms with Gasteiger partial charge in [-0.15, -0.1) is 0 Å². The Bertz CT molecular complexity index is 768. The zero-order valence-electron chi connectivity index (χ0n) is 11.7. The predicted molar refractivity (Wildman–Crippen MR) is 85.6 cm³/mol. The van der Waals surface area contributed by atoms with Gasteiger partial charge in [-0.3, -0.25) is 14.9 Å². The molecule has 0 spiro atoms. The number of nitrogens with zero attached hydrogens (tertiary/aromatic N) is 1. The van der Waals surface area contributed by atoms with Gasteiger partial charge in [-0.2, -0.15) is 4.39 Å². The van der Waals surface area contributed by atoms with E-state index >= 15 is 0 Å². The maximum absolute atomic E-state index is 13.2. The second-order valence-electron chi connectivity index (χ2n) is 4.66. The van der Waals surface area contributed by atoms with Crippen molar-refractivity contribution in [2.75, 3.05) is 6.54 Å². The van der Waals surface area contributed by atoms with Gasteiger partial charge < -0.3 is 5.32 Å². The molecule has 0 heterocycles. The van der Waals surface area contributed by atoms with E-state index in [2.05, 4.69) is 5.32 Å². The van der Waals surface area contributed by atoms with Crippen molar-refractivity contribution in [3.05, 3.63) is 73.5 Å². The van der Waals surface area contributed by atoms with Gasteiger partial charge >= 0.3 is 5.69 Å². The van der Waals surface area contributed by atoms with Gasteiger partial charge in [0.15, 0.2) is 0 Å². The minimum atomic E-state index is -0.987. The summed E-state index contributed by atoms with van der Waals surface area (Å²) in [6, 6.07) is 8.02. The summed E-state index contributed by atoms with van der Waals surface area (Å²) >= 11 is 11.8. The Hall–Kier alpha value is -2.18. The molecule has 0 atom stereocenters. The van der Waals surface area contributed by atoms with Crippen LogP contribution < -0.4 is 5.32 Å². The lowest BCUT2D eigenvalue weighted by Crippen LogP contribution is -2.25. The van der Waals surface area contributed by atoms with Crippen molar-refractivity contribution in [3.8, 4) is 0 Å². The summed E-state index contributed by atoms with van der Waals surface area (Å²) < 4.78 is 13.2.